The summed E-state index contributed by atoms with van der Waals surface area (Å²) in [6, 6.07) is 0.355. The van der Waals surface area contributed by atoms with Crippen molar-refractivity contribution in [1.29, 1.82) is 0 Å². The Bertz CT molecular complexity index is 614. The van der Waals surface area contributed by atoms with Crippen molar-refractivity contribution >= 4 is 5.78 Å². The van der Waals surface area contributed by atoms with E-state index in [1.807, 2.05) is 0 Å². The number of carbonyl (C=O) groups is 1. The van der Waals surface area contributed by atoms with Gasteiger partial charge in [-0.25, -0.2) is 0 Å². The van der Waals surface area contributed by atoms with Crippen LogP contribution < -0.4 is 5.73 Å². The first-order valence-corrected chi connectivity index (χ1v) is 14.4. The first-order valence-electron chi connectivity index (χ1n) is 14.4. The summed E-state index contributed by atoms with van der Waals surface area (Å²) in [5, 5.41) is 17.4. The Labute approximate surface area is 233 Å². The van der Waals surface area contributed by atoms with E-state index in [1.54, 1.807) is 6.08 Å². The first kappa shape index (κ1) is 37.2. The van der Waals surface area contributed by atoms with E-state index in [9.17, 15) is 9.90 Å². The summed E-state index contributed by atoms with van der Waals surface area (Å²) in [5.41, 5.74) is 6.37. The van der Waals surface area contributed by atoms with E-state index >= 15 is 0 Å². The Morgan fingerprint density at radius 1 is 0.842 bits per heavy atom. The molecule has 5 atom stereocenters. The van der Waals surface area contributed by atoms with E-state index in [4.69, 9.17) is 25.1 Å². The number of Topliss-reactive ketones (excluding diaryl/α,β-unsaturated/α-hetero) is 1. The lowest BCUT2D eigenvalue weighted by Crippen LogP contribution is -2.41. The summed E-state index contributed by atoms with van der Waals surface area (Å²) in [6.45, 7) is 25.2. The summed E-state index contributed by atoms with van der Waals surface area (Å²) >= 11 is 0. The van der Waals surface area contributed by atoms with Crippen LogP contribution in [0.3, 0.4) is 0 Å². The number of aliphatic hydroxyl groups is 2. The highest BCUT2D eigenvalue weighted by molar-refractivity contribution is 5.79. The Morgan fingerprint density at radius 3 is 1.61 bits per heavy atom. The van der Waals surface area contributed by atoms with Gasteiger partial charge in [0.15, 0.2) is 0 Å². The van der Waals surface area contributed by atoms with Gasteiger partial charge in [-0.2, -0.15) is 0 Å². The Balaban J connectivity index is 0.000000497. The predicted molar refractivity (Wildman–Crippen MR) is 156 cm³/mol. The second-order valence-electron chi connectivity index (χ2n) is 13.9. The van der Waals surface area contributed by atoms with Crippen molar-refractivity contribution in [3.05, 3.63) is 12.7 Å². The van der Waals surface area contributed by atoms with E-state index in [0.717, 1.165) is 32.3 Å². The molecule has 0 amide bonds. The number of carbonyl (C=O) groups excluding carboxylic acids is 1. The van der Waals surface area contributed by atoms with Crippen molar-refractivity contribution in [3.8, 4) is 0 Å². The lowest BCUT2D eigenvalue weighted by atomic mass is 9.83. The van der Waals surface area contributed by atoms with Crippen LogP contribution in [0.1, 0.15) is 107 Å². The fraction of sp³-hybridized carbons (Fsp3) is 0.903. The Hall–Kier alpha value is -0.830. The maximum absolute atomic E-state index is 11.0. The molecule has 226 valence electrons. The van der Waals surface area contributed by atoms with Gasteiger partial charge in [0.2, 0.25) is 0 Å². The molecule has 0 radical (unpaired) electrons. The van der Waals surface area contributed by atoms with Crippen LogP contribution in [0.25, 0.3) is 0 Å². The zero-order chi connectivity index (χ0) is 29.6. The average Bonchev–Trinajstić information content (AvgIpc) is 2.79. The smallest absolute Gasteiger partial charge is 0.137 e. The summed E-state index contributed by atoms with van der Waals surface area (Å²) in [5.74, 6) is 0.344. The minimum atomic E-state index is -0.145. The van der Waals surface area contributed by atoms with E-state index in [1.165, 1.54) is 0 Å². The molecule has 0 aliphatic carbocycles. The molecule has 0 saturated carbocycles. The zero-order valence-corrected chi connectivity index (χ0v) is 26.1. The molecule has 0 aromatic carbocycles. The number of nitrogens with two attached hydrogens (primary N) is 1. The maximum Gasteiger partial charge on any atom is 0.137 e. The molecule has 0 spiro atoms. The number of hydrogen-bond acceptors (Lipinski definition) is 7. The third-order valence-corrected chi connectivity index (χ3v) is 6.92. The number of hydrogen-bond donors (Lipinski definition) is 3. The summed E-state index contributed by atoms with van der Waals surface area (Å²) in [6.07, 6.45) is 7.79. The number of rotatable bonds is 2. The minimum Gasteiger partial charge on any atom is -0.396 e. The van der Waals surface area contributed by atoms with Crippen LogP contribution in [-0.2, 0) is 19.0 Å². The van der Waals surface area contributed by atoms with Crippen LogP contribution in [0.2, 0.25) is 0 Å². The highest BCUT2D eigenvalue weighted by Crippen LogP contribution is 2.30. The molecule has 3 fully saturated rings. The Kier molecular flexibility index (Phi) is 17.4. The monoisotopic (exact) mass is 543 g/mol. The van der Waals surface area contributed by atoms with Crippen LogP contribution in [0.15, 0.2) is 12.7 Å². The molecule has 3 aliphatic rings. The lowest BCUT2D eigenvalue weighted by Gasteiger charge is -2.36. The van der Waals surface area contributed by atoms with Gasteiger partial charge in [0.05, 0.1) is 31.0 Å². The third-order valence-electron chi connectivity index (χ3n) is 6.92. The first-order chi connectivity index (χ1) is 17.4. The summed E-state index contributed by atoms with van der Waals surface area (Å²) < 4.78 is 16.7. The van der Waals surface area contributed by atoms with Gasteiger partial charge in [-0.15, -0.1) is 6.58 Å². The minimum absolute atomic E-state index is 0.107. The largest absolute Gasteiger partial charge is 0.396 e. The topological polar surface area (TPSA) is 111 Å². The molecular weight excluding hydrogens is 482 g/mol. The van der Waals surface area contributed by atoms with Crippen LogP contribution in [0.5, 0.6) is 0 Å². The van der Waals surface area contributed by atoms with Crippen LogP contribution in [0.4, 0.5) is 0 Å². The molecule has 38 heavy (non-hydrogen) atoms. The van der Waals surface area contributed by atoms with Gasteiger partial charge in [-0.3, -0.25) is 4.79 Å². The van der Waals surface area contributed by atoms with Gasteiger partial charge in [-0.05, 0) is 41.9 Å². The summed E-state index contributed by atoms with van der Waals surface area (Å²) in [7, 11) is 0. The fourth-order valence-corrected chi connectivity index (χ4v) is 4.14. The molecule has 7 nitrogen and oxygen atoms in total. The van der Waals surface area contributed by atoms with Crippen molar-refractivity contribution in [2.24, 2.45) is 22.0 Å². The Morgan fingerprint density at radius 2 is 1.32 bits per heavy atom. The number of ketones is 1. The van der Waals surface area contributed by atoms with Gasteiger partial charge in [0, 0.05) is 45.1 Å². The fourth-order valence-electron chi connectivity index (χ4n) is 4.14. The molecule has 3 heterocycles. The molecule has 3 rings (SSSR count). The van der Waals surface area contributed by atoms with Crippen LogP contribution in [-0.4, -0.2) is 72.9 Å². The van der Waals surface area contributed by atoms with E-state index in [-0.39, 0.29) is 41.2 Å². The number of aliphatic hydroxyl groups excluding tert-OH is 2. The highest BCUT2D eigenvalue weighted by atomic mass is 16.5. The van der Waals surface area contributed by atoms with Gasteiger partial charge < -0.3 is 30.2 Å². The maximum atomic E-state index is 11.0. The quantitative estimate of drug-likeness (QED) is 0.397. The number of ether oxygens (including phenoxy) is 3. The SMILES string of the molecule is C=CCCO.CC(C)(C)C1CC(O)CCO1.CC(C)(C)[C@H]1CC(=O)CCO1.CC(C)(C)[C@H]1C[C@@H](N)CCO1. The second kappa shape index (κ2) is 17.8. The molecular formula is C31H61NO6. The standard InChI is InChI=1S/C9H19NO.C9H18O2.C9H16O2.C4H8O/c3*1-9(2,3)8-6-7(10)4-5-11-8;1-2-3-4-5/h7-8H,4-6,10H2,1-3H3;7-8,10H,4-6H2,1-3H3;8H,4-6H2,1-3H3;2,5H,1,3-4H2/t7-,8+;;8-;/m0.1./s1. The molecule has 3 aliphatic heterocycles. The van der Waals surface area contributed by atoms with Crippen molar-refractivity contribution in [3.63, 3.8) is 0 Å². The molecule has 0 aromatic rings. The molecule has 7 heteroatoms. The molecule has 4 N–H and O–H groups in total. The van der Waals surface area contributed by atoms with Gasteiger partial charge in [0.25, 0.3) is 0 Å². The molecule has 0 aromatic heterocycles. The normalized spacial score (nSPS) is 28.4. The lowest BCUT2D eigenvalue weighted by molar-refractivity contribution is -0.133. The van der Waals surface area contributed by atoms with E-state index in [2.05, 4.69) is 68.9 Å². The third kappa shape index (κ3) is 17.0. The zero-order valence-electron chi connectivity index (χ0n) is 26.1. The van der Waals surface area contributed by atoms with Crippen molar-refractivity contribution < 1.29 is 29.2 Å². The second-order valence-corrected chi connectivity index (χ2v) is 13.9. The molecule has 3 saturated heterocycles. The van der Waals surface area contributed by atoms with Gasteiger partial charge in [-0.1, -0.05) is 68.4 Å². The van der Waals surface area contributed by atoms with Crippen LogP contribution in [0, 0.1) is 16.2 Å². The van der Waals surface area contributed by atoms with Gasteiger partial charge in [0.1, 0.15) is 5.78 Å². The summed E-state index contributed by atoms with van der Waals surface area (Å²) in [4.78, 5) is 11.0. The van der Waals surface area contributed by atoms with E-state index in [0.29, 0.717) is 50.4 Å². The van der Waals surface area contributed by atoms with Crippen LogP contribution >= 0.6 is 0 Å². The van der Waals surface area contributed by atoms with Crippen molar-refractivity contribution in [1.82, 2.24) is 0 Å². The predicted octanol–water partition coefficient (Wildman–Crippen LogP) is 5.45. The molecule has 2 unspecified atom stereocenters. The van der Waals surface area contributed by atoms with Crippen molar-refractivity contribution in [2.75, 3.05) is 26.4 Å². The molecule has 0 bridgehead atoms. The average molecular weight is 544 g/mol. The van der Waals surface area contributed by atoms with Crippen molar-refractivity contribution in [2.45, 2.75) is 138 Å². The van der Waals surface area contributed by atoms with E-state index < -0.39 is 0 Å². The van der Waals surface area contributed by atoms with Gasteiger partial charge >= 0.3 is 0 Å². The highest BCUT2D eigenvalue weighted by Gasteiger charge is 2.32.